The van der Waals surface area contributed by atoms with Gasteiger partial charge in [-0.15, -0.1) is 0 Å². The van der Waals surface area contributed by atoms with Gasteiger partial charge in [-0.25, -0.2) is 4.79 Å². The average molecular weight is 227 g/mol. The molecule has 0 N–H and O–H groups in total. The monoisotopic (exact) mass is 227 g/mol. The molecule has 0 spiro atoms. The topological polar surface area (TPSA) is 43.9 Å². The summed E-state index contributed by atoms with van der Waals surface area (Å²) in [4.78, 5) is 28.5. The van der Waals surface area contributed by atoms with Gasteiger partial charge in [0.25, 0.3) is 0 Å². The molecule has 0 bridgehead atoms. The third-order valence-corrected chi connectivity index (χ3v) is 2.68. The molecule has 1 aliphatic heterocycles. The van der Waals surface area contributed by atoms with E-state index in [4.69, 9.17) is 0 Å². The highest BCUT2D eigenvalue weighted by Crippen LogP contribution is 2.17. The van der Waals surface area contributed by atoms with Gasteiger partial charge in [0.1, 0.15) is 6.54 Å². The largest absolute Gasteiger partial charge is 0.335 e. The second-order valence-corrected chi connectivity index (χ2v) is 5.31. The van der Waals surface area contributed by atoms with Crippen LogP contribution in [0.3, 0.4) is 0 Å². The molecule has 0 unspecified atom stereocenters. The molecule has 1 saturated heterocycles. The highest BCUT2D eigenvalue weighted by molar-refractivity contribution is 5.85. The zero-order chi connectivity index (χ0) is 12.5. The smallest absolute Gasteiger partial charge is 0.320 e. The number of hydrogen-bond acceptors (Lipinski definition) is 2. The lowest BCUT2D eigenvalue weighted by Crippen LogP contribution is -2.59. The molecule has 1 fully saturated rings. The van der Waals surface area contributed by atoms with Gasteiger partial charge in [-0.05, 0) is 20.8 Å². The first kappa shape index (κ1) is 12.8. The summed E-state index contributed by atoms with van der Waals surface area (Å²) in [6, 6.07) is -0.0955. The molecule has 0 radical (unpaired) electrons. The number of carbonyl (C=O) groups is 2. The number of rotatable bonds is 0. The van der Waals surface area contributed by atoms with E-state index < -0.39 is 0 Å². The summed E-state index contributed by atoms with van der Waals surface area (Å²) >= 11 is 0. The van der Waals surface area contributed by atoms with Crippen molar-refractivity contribution in [2.75, 3.05) is 33.7 Å². The first-order chi connectivity index (χ1) is 7.23. The van der Waals surface area contributed by atoms with Crippen molar-refractivity contribution in [3.8, 4) is 0 Å². The van der Waals surface area contributed by atoms with E-state index in [1.54, 1.807) is 19.0 Å². The Morgan fingerprint density at radius 2 is 1.81 bits per heavy atom. The minimum absolute atomic E-state index is 0.0222. The molecule has 5 heteroatoms. The number of piperazine rings is 1. The third kappa shape index (κ3) is 2.65. The molecule has 16 heavy (non-hydrogen) atoms. The van der Waals surface area contributed by atoms with E-state index in [0.717, 1.165) is 0 Å². The van der Waals surface area contributed by atoms with E-state index in [2.05, 4.69) is 0 Å². The fourth-order valence-electron chi connectivity index (χ4n) is 1.83. The van der Waals surface area contributed by atoms with E-state index in [1.807, 2.05) is 25.7 Å². The summed E-state index contributed by atoms with van der Waals surface area (Å²) in [5.74, 6) is 0.0222. The second kappa shape index (κ2) is 4.31. The van der Waals surface area contributed by atoms with Crippen LogP contribution in [0.15, 0.2) is 0 Å². The van der Waals surface area contributed by atoms with Gasteiger partial charge in [-0.3, -0.25) is 4.79 Å². The van der Waals surface area contributed by atoms with Crippen molar-refractivity contribution in [3.05, 3.63) is 0 Å². The maximum atomic E-state index is 11.9. The van der Waals surface area contributed by atoms with Crippen LogP contribution in [0.4, 0.5) is 4.79 Å². The quantitative estimate of drug-likeness (QED) is 0.608. The molecule has 1 heterocycles. The number of nitrogens with zero attached hydrogens (tertiary/aromatic N) is 3. The van der Waals surface area contributed by atoms with Crippen LogP contribution in [-0.4, -0.2) is 65.9 Å². The van der Waals surface area contributed by atoms with Crippen molar-refractivity contribution in [1.82, 2.24) is 14.7 Å². The third-order valence-electron chi connectivity index (χ3n) is 2.68. The van der Waals surface area contributed by atoms with Gasteiger partial charge in [-0.1, -0.05) is 0 Å². The molecule has 0 atom stereocenters. The Balaban J connectivity index is 2.66. The summed E-state index contributed by atoms with van der Waals surface area (Å²) in [5, 5.41) is 0. The van der Waals surface area contributed by atoms with E-state index in [0.29, 0.717) is 13.1 Å². The van der Waals surface area contributed by atoms with Crippen LogP contribution in [0.25, 0.3) is 0 Å². The van der Waals surface area contributed by atoms with Gasteiger partial charge < -0.3 is 14.7 Å². The molecule has 5 nitrogen and oxygen atoms in total. The first-order valence-electron chi connectivity index (χ1n) is 5.50. The first-order valence-corrected chi connectivity index (χ1v) is 5.50. The minimum Gasteiger partial charge on any atom is -0.335 e. The maximum absolute atomic E-state index is 11.9. The van der Waals surface area contributed by atoms with Crippen LogP contribution in [0.1, 0.15) is 20.8 Å². The molecule has 92 valence electrons. The van der Waals surface area contributed by atoms with E-state index in [9.17, 15) is 9.59 Å². The fraction of sp³-hybridized carbons (Fsp3) is 0.818. The molecule has 1 aliphatic rings. The van der Waals surface area contributed by atoms with Gasteiger partial charge in [0.15, 0.2) is 0 Å². The maximum Gasteiger partial charge on any atom is 0.320 e. The van der Waals surface area contributed by atoms with Gasteiger partial charge in [-0.2, -0.15) is 0 Å². The van der Waals surface area contributed by atoms with Crippen LogP contribution in [0.2, 0.25) is 0 Å². The molecular weight excluding hydrogens is 206 g/mol. The lowest BCUT2D eigenvalue weighted by atomic mass is 10.0. The zero-order valence-electron chi connectivity index (χ0n) is 10.8. The molecule has 0 aromatic heterocycles. The molecule has 0 saturated carbocycles. The second-order valence-electron chi connectivity index (χ2n) is 5.31. The molecule has 3 amide bonds. The molecule has 0 aliphatic carbocycles. The average Bonchev–Trinajstić information content (AvgIpc) is 2.14. The predicted octanol–water partition coefficient (Wildman–Crippen LogP) is 0.611. The van der Waals surface area contributed by atoms with Crippen LogP contribution in [-0.2, 0) is 4.79 Å². The molecular formula is C11H21N3O2. The van der Waals surface area contributed by atoms with Crippen molar-refractivity contribution in [3.63, 3.8) is 0 Å². The van der Waals surface area contributed by atoms with Crippen molar-refractivity contribution in [2.24, 2.45) is 0 Å². The summed E-state index contributed by atoms with van der Waals surface area (Å²) in [7, 11) is 3.39. The molecule has 0 aromatic carbocycles. The Morgan fingerprint density at radius 1 is 1.25 bits per heavy atom. The van der Waals surface area contributed by atoms with Crippen LogP contribution in [0.5, 0.6) is 0 Å². The van der Waals surface area contributed by atoms with Crippen molar-refractivity contribution >= 4 is 11.9 Å². The number of hydrogen-bond donors (Lipinski definition) is 0. The van der Waals surface area contributed by atoms with Gasteiger partial charge in [0.05, 0.1) is 0 Å². The minimum atomic E-state index is -0.162. The van der Waals surface area contributed by atoms with Gasteiger partial charge >= 0.3 is 6.03 Å². The Bertz CT molecular complexity index is 294. The normalized spacial score (nSPS) is 17.7. The Morgan fingerprint density at radius 3 is 2.19 bits per heavy atom. The SMILES string of the molecule is CN(C)C(=O)N1CCN(C(C)(C)C)C(=O)C1. The summed E-state index contributed by atoms with van der Waals surface area (Å²) in [6.07, 6.45) is 0. The fourth-order valence-corrected chi connectivity index (χ4v) is 1.83. The van der Waals surface area contributed by atoms with E-state index in [-0.39, 0.29) is 24.0 Å². The van der Waals surface area contributed by atoms with Crippen LogP contribution in [0, 0.1) is 0 Å². The molecule has 0 aromatic rings. The summed E-state index contributed by atoms with van der Waals surface area (Å²) < 4.78 is 0. The highest BCUT2D eigenvalue weighted by Gasteiger charge is 2.33. The lowest BCUT2D eigenvalue weighted by Gasteiger charge is -2.42. The Labute approximate surface area is 97.0 Å². The van der Waals surface area contributed by atoms with Crippen molar-refractivity contribution in [2.45, 2.75) is 26.3 Å². The number of urea groups is 1. The Hall–Kier alpha value is -1.26. The van der Waals surface area contributed by atoms with E-state index >= 15 is 0 Å². The zero-order valence-corrected chi connectivity index (χ0v) is 10.8. The van der Waals surface area contributed by atoms with Gasteiger partial charge in [0.2, 0.25) is 5.91 Å². The van der Waals surface area contributed by atoms with Crippen molar-refractivity contribution in [1.29, 1.82) is 0 Å². The summed E-state index contributed by atoms with van der Waals surface area (Å²) in [6.45, 7) is 7.44. The summed E-state index contributed by atoms with van der Waals surface area (Å²) in [5.41, 5.74) is -0.162. The van der Waals surface area contributed by atoms with E-state index in [1.165, 1.54) is 4.90 Å². The lowest BCUT2D eigenvalue weighted by molar-refractivity contribution is -0.140. The number of amides is 3. The van der Waals surface area contributed by atoms with Crippen LogP contribution < -0.4 is 0 Å². The predicted molar refractivity (Wildman–Crippen MR) is 62.1 cm³/mol. The standard InChI is InChI=1S/C11H21N3O2/c1-11(2,3)14-7-6-13(8-9(14)15)10(16)12(4)5/h6-8H2,1-5H3. The number of carbonyl (C=O) groups excluding carboxylic acids is 2. The van der Waals surface area contributed by atoms with Crippen molar-refractivity contribution < 1.29 is 9.59 Å². The molecule has 1 rings (SSSR count). The van der Waals surface area contributed by atoms with Crippen LogP contribution >= 0.6 is 0 Å². The Kier molecular flexibility index (Phi) is 3.45. The van der Waals surface area contributed by atoms with Gasteiger partial charge in [0, 0.05) is 32.7 Å². The highest BCUT2D eigenvalue weighted by atomic mass is 16.2.